The average molecular weight is 288 g/mol. The number of rotatable bonds is 11. The van der Waals surface area contributed by atoms with E-state index in [1.54, 1.807) is 0 Å². The Kier molecular flexibility index (Phi) is 7.37. The fraction of sp³-hybridized carbons (Fsp3) is 0.579. The second-order valence-electron chi connectivity index (χ2n) is 5.79. The van der Waals surface area contributed by atoms with Crippen LogP contribution < -0.4 is 4.74 Å². The van der Waals surface area contributed by atoms with Gasteiger partial charge in [0, 0.05) is 0 Å². The number of allylic oxidation sites excluding steroid dienone is 2. The summed E-state index contributed by atoms with van der Waals surface area (Å²) in [4.78, 5) is 0. The Morgan fingerprint density at radius 1 is 1.10 bits per heavy atom. The highest BCUT2D eigenvalue weighted by atomic mass is 16.6. The molecule has 2 nitrogen and oxygen atoms in total. The highest BCUT2D eigenvalue weighted by Crippen LogP contribution is 2.17. The van der Waals surface area contributed by atoms with Gasteiger partial charge in [-0.2, -0.15) is 0 Å². The number of ether oxygens (including phenoxy) is 2. The first-order valence-electron chi connectivity index (χ1n) is 8.33. The first-order valence-corrected chi connectivity index (χ1v) is 8.33. The van der Waals surface area contributed by atoms with Crippen LogP contribution in [-0.2, 0) is 11.2 Å². The van der Waals surface area contributed by atoms with Gasteiger partial charge in [-0.3, -0.25) is 0 Å². The summed E-state index contributed by atoms with van der Waals surface area (Å²) in [5.74, 6) is 0.957. The number of benzene rings is 1. The zero-order chi connectivity index (χ0) is 14.8. The molecule has 1 heterocycles. The minimum absolute atomic E-state index is 0.331. The van der Waals surface area contributed by atoms with Gasteiger partial charge in [0.1, 0.15) is 18.5 Å². The van der Waals surface area contributed by atoms with Crippen LogP contribution in [0.3, 0.4) is 0 Å². The molecule has 2 rings (SSSR count). The molecule has 1 atom stereocenters. The lowest BCUT2D eigenvalue weighted by Gasteiger charge is -2.06. The van der Waals surface area contributed by atoms with E-state index in [9.17, 15) is 0 Å². The number of unbranched alkanes of at least 4 members (excludes halogenated alkanes) is 5. The zero-order valence-electron chi connectivity index (χ0n) is 13.2. The molecule has 116 valence electrons. The molecule has 1 aromatic carbocycles. The summed E-state index contributed by atoms with van der Waals surface area (Å²) in [5, 5.41) is 0. The van der Waals surface area contributed by atoms with E-state index >= 15 is 0 Å². The number of aryl methyl sites for hydroxylation is 1. The second kappa shape index (κ2) is 9.62. The van der Waals surface area contributed by atoms with E-state index in [-0.39, 0.29) is 0 Å². The van der Waals surface area contributed by atoms with Crippen LogP contribution in [0, 0.1) is 0 Å². The smallest absolute Gasteiger partial charge is 0.119 e. The van der Waals surface area contributed by atoms with Crippen molar-refractivity contribution in [2.75, 3.05) is 13.2 Å². The molecule has 0 aromatic heterocycles. The molecule has 1 fully saturated rings. The predicted octanol–water partition coefficient (Wildman–Crippen LogP) is 4.92. The molecular weight excluding hydrogens is 260 g/mol. The van der Waals surface area contributed by atoms with Crippen molar-refractivity contribution in [3.63, 3.8) is 0 Å². The van der Waals surface area contributed by atoms with Crippen molar-refractivity contribution in [2.24, 2.45) is 0 Å². The van der Waals surface area contributed by atoms with Gasteiger partial charge >= 0.3 is 0 Å². The standard InChI is InChI=1S/C19H28O2/c1-2-3-4-5-6-7-8-9-10-17-11-13-18(14-12-17)20-15-19-16-21-19/h2-3,11-14,19H,4-10,15-16H2,1H3/b3-2+. The van der Waals surface area contributed by atoms with E-state index in [0.29, 0.717) is 12.7 Å². The average Bonchev–Trinajstić information content (AvgIpc) is 3.33. The Hall–Kier alpha value is -1.28. The maximum atomic E-state index is 5.64. The number of hydrogen-bond donors (Lipinski definition) is 0. The van der Waals surface area contributed by atoms with Crippen LogP contribution >= 0.6 is 0 Å². The van der Waals surface area contributed by atoms with Gasteiger partial charge in [-0.15, -0.1) is 0 Å². The molecule has 0 amide bonds. The molecular formula is C19H28O2. The Labute approximate surface area is 129 Å². The van der Waals surface area contributed by atoms with Gasteiger partial charge in [-0.1, -0.05) is 43.5 Å². The molecule has 2 heteroatoms. The number of epoxide rings is 1. The second-order valence-corrected chi connectivity index (χ2v) is 5.79. The highest BCUT2D eigenvalue weighted by Gasteiger charge is 2.22. The Bertz CT molecular complexity index is 404. The maximum absolute atomic E-state index is 5.64. The van der Waals surface area contributed by atoms with Crippen molar-refractivity contribution in [1.29, 1.82) is 0 Å². The Morgan fingerprint density at radius 3 is 2.52 bits per heavy atom. The lowest BCUT2D eigenvalue weighted by Crippen LogP contribution is -2.03. The molecule has 1 aliphatic rings. The van der Waals surface area contributed by atoms with E-state index in [0.717, 1.165) is 12.4 Å². The monoisotopic (exact) mass is 288 g/mol. The van der Waals surface area contributed by atoms with E-state index in [2.05, 4.69) is 43.3 Å². The third-order valence-electron chi connectivity index (χ3n) is 3.83. The third kappa shape index (κ3) is 7.33. The van der Waals surface area contributed by atoms with Crippen LogP contribution in [0.4, 0.5) is 0 Å². The largest absolute Gasteiger partial charge is 0.491 e. The summed E-state index contributed by atoms with van der Waals surface area (Å²) in [6, 6.07) is 8.54. The summed E-state index contributed by atoms with van der Waals surface area (Å²) >= 11 is 0. The molecule has 0 radical (unpaired) electrons. The lowest BCUT2D eigenvalue weighted by molar-refractivity contribution is 0.263. The van der Waals surface area contributed by atoms with Gasteiger partial charge in [0.2, 0.25) is 0 Å². The molecule has 0 spiro atoms. The van der Waals surface area contributed by atoms with Gasteiger partial charge in [0.15, 0.2) is 0 Å². The molecule has 1 unspecified atom stereocenters. The number of hydrogen-bond acceptors (Lipinski definition) is 2. The van der Waals surface area contributed by atoms with Crippen molar-refractivity contribution in [2.45, 2.75) is 58.0 Å². The fourth-order valence-electron chi connectivity index (χ4n) is 2.39. The first-order chi connectivity index (χ1) is 10.4. The van der Waals surface area contributed by atoms with Crippen LogP contribution in [0.25, 0.3) is 0 Å². The molecule has 1 saturated heterocycles. The van der Waals surface area contributed by atoms with Crippen LogP contribution in [0.2, 0.25) is 0 Å². The van der Waals surface area contributed by atoms with Crippen molar-refractivity contribution in [1.82, 2.24) is 0 Å². The zero-order valence-corrected chi connectivity index (χ0v) is 13.2. The van der Waals surface area contributed by atoms with Crippen molar-refractivity contribution in [3.8, 4) is 5.75 Å². The quantitative estimate of drug-likeness (QED) is 0.327. The van der Waals surface area contributed by atoms with Gasteiger partial charge in [0.05, 0.1) is 6.61 Å². The minimum Gasteiger partial charge on any atom is -0.491 e. The first kappa shape index (κ1) is 16.1. The van der Waals surface area contributed by atoms with Crippen molar-refractivity contribution < 1.29 is 9.47 Å². The molecule has 0 bridgehead atoms. The van der Waals surface area contributed by atoms with Crippen molar-refractivity contribution >= 4 is 0 Å². The van der Waals surface area contributed by atoms with Gasteiger partial charge in [0.25, 0.3) is 0 Å². The summed E-state index contributed by atoms with van der Waals surface area (Å²) < 4.78 is 10.8. The topological polar surface area (TPSA) is 21.8 Å². The van der Waals surface area contributed by atoms with E-state index in [1.807, 2.05) is 0 Å². The predicted molar refractivity (Wildman–Crippen MR) is 87.9 cm³/mol. The van der Waals surface area contributed by atoms with Crippen LogP contribution in [0.1, 0.15) is 51.0 Å². The molecule has 0 saturated carbocycles. The van der Waals surface area contributed by atoms with E-state index in [1.165, 1.54) is 50.5 Å². The summed E-state index contributed by atoms with van der Waals surface area (Å²) in [6.45, 7) is 3.63. The summed E-state index contributed by atoms with van der Waals surface area (Å²) in [6.07, 6.45) is 13.8. The van der Waals surface area contributed by atoms with Gasteiger partial charge in [-0.25, -0.2) is 0 Å². The van der Waals surface area contributed by atoms with E-state index in [4.69, 9.17) is 9.47 Å². The normalized spacial score (nSPS) is 17.3. The third-order valence-corrected chi connectivity index (χ3v) is 3.83. The minimum atomic E-state index is 0.331. The molecule has 21 heavy (non-hydrogen) atoms. The molecule has 0 aliphatic carbocycles. The SMILES string of the molecule is C/C=C/CCCCCCCc1ccc(OCC2CO2)cc1. The van der Waals surface area contributed by atoms with Crippen LogP contribution in [-0.4, -0.2) is 19.3 Å². The fourth-order valence-corrected chi connectivity index (χ4v) is 2.39. The van der Waals surface area contributed by atoms with E-state index < -0.39 is 0 Å². The Balaban J connectivity index is 1.51. The van der Waals surface area contributed by atoms with Gasteiger partial charge in [-0.05, 0) is 50.3 Å². The summed E-state index contributed by atoms with van der Waals surface area (Å²) in [7, 11) is 0. The van der Waals surface area contributed by atoms with Crippen LogP contribution in [0.5, 0.6) is 5.75 Å². The maximum Gasteiger partial charge on any atom is 0.119 e. The Morgan fingerprint density at radius 2 is 1.81 bits per heavy atom. The molecule has 0 N–H and O–H groups in total. The van der Waals surface area contributed by atoms with Gasteiger partial charge < -0.3 is 9.47 Å². The summed E-state index contributed by atoms with van der Waals surface area (Å²) in [5.41, 5.74) is 1.42. The lowest BCUT2D eigenvalue weighted by atomic mass is 10.0. The molecule has 1 aliphatic heterocycles. The van der Waals surface area contributed by atoms with Crippen molar-refractivity contribution in [3.05, 3.63) is 42.0 Å². The molecule has 1 aromatic rings. The highest BCUT2D eigenvalue weighted by molar-refractivity contribution is 5.27. The van der Waals surface area contributed by atoms with Crippen LogP contribution in [0.15, 0.2) is 36.4 Å².